The van der Waals surface area contributed by atoms with Gasteiger partial charge in [0.1, 0.15) is 29.2 Å². The van der Waals surface area contributed by atoms with Crippen molar-refractivity contribution in [2.75, 3.05) is 24.7 Å². The van der Waals surface area contributed by atoms with Crippen molar-refractivity contribution in [2.24, 2.45) is 0 Å². The van der Waals surface area contributed by atoms with E-state index in [1.807, 2.05) is 0 Å². The molecule has 0 saturated carbocycles. The zero-order valence-corrected chi connectivity index (χ0v) is 25.7. The number of unbranched alkanes of at least 4 members (excludes halogenated alkanes) is 5. The molecule has 0 aromatic heterocycles. The predicted molar refractivity (Wildman–Crippen MR) is 165 cm³/mol. The van der Waals surface area contributed by atoms with Crippen LogP contribution in [0.1, 0.15) is 77.8 Å². The summed E-state index contributed by atoms with van der Waals surface area (Å²) >= 11 is 4.34. The standard InChI is InChI=1S/C31H45N3O6S/c1-6-7-8-9-10-11-20-34(29(37)26(21-41)33-30(38)40-31(2,3)4)27(22-12-16-24(35)17-13-22)28(36)32-23-14-18-25(39-5)19-15-23/h12-19,26-27,35,41H,6-11,20-21H2,1-5H3,(H,32,36)(H,33,38). The van der Waals surface area contributed by atoms with Crippen molar-refractivity contribution in [2.45, 2.75) is 83.9 Å². The molecule has 0 aliphatic rings. The smallest absolute Gasteiger partial charge is 0.408 e. The van der Waals surface area contributed by atoms with Crippen molar-refractivity contribution in [3.05, 3.63) is 54.1 Å². The van der Waals surface area contributed by atoms with Gasteiger partial charge < -0.3 is 30.1 Å². The number of ether oxygens (including phenoxy) is 2. The minimum atomic E-state index is -1.04. The molecule has 0 aliphatic heterocycles. The fraction of sp³-hybridized carbons (Fsp3) is 0.516. The SMILES string of the molecule is CCCCCCCCN(C(=O)C(CS)NC(=O)OC(C)(C)C)C(C(=O)Nc1ccc(OC)cc1)c1ccc(O)cc1. The molecule has 0 fully saturated rings. The second kappa shape index (κ2) is 16.8. The zero-order valence-electron chi connectivity index (χ0n) is 24.8. The highest BCUT2D eigenvalue weighted by atomic mass is 32.1. The van der Waals surface area contributed by atoms with E-state index in [1.165, 1.54) is 17.0 Å². The Morgan fingerprint density at radius 2 is 1.56 bits per heavy atom. The molecule has 3 N–H and O–H groups in total. The number of aromatic hydroxyl groups is 1. The highest BCUT2D eigenvalue weighted by Gasteiger charge is 2.35. The molecule has 10 heteroatoms. The van der Waals surface area contributed by atoms with Crippen molar-refractivity contribution in [1.29, 1.82) is 0 Å². The molecule has 2 rings (SSSR count). The first-order chi connectivity index (χ1) is 19.5. The summed E-state index contributed by atoms with van der Waals surface area (Å²) in [5, 5.41) is 15.4. The Bertz CT molecular complexity index is 1100. The lowest BCUT2D eigenvalue weighted by molar-refractivity contribution is -0.140. The Balaban J connectivity index is 2.42. The summed E-state index contributed by atoms with van der Waals surface area (Å²) < 4.78 is 10.6. The molecule has 0 saturated heterocycles. The molecule has 2 aromatic rings. The van der Waals surface area contributed by atoms with E-state index >= 15 is 0 Å². The van der Waals surface area contributed by atoms with Crippen molar-refractivity contribution in [3.8, 4) is 11.5 Å². The van der Waals surface area contributed by atoms with E-state index in [0.29, 0.717) is 23.4 Å². The van der Waals surface area contributed by atoms with Gasteiger partial charge in [0.2, 0.25) is 5.91 Å². The molecule has 0 radical (unpaired) electrons. The number of hydrogen-bond acceptors (Lipinski definition) is 7. The summed E-state index contributed by atoms with van der Waals surface area (Å²) in [5.74, 6) is -0.203. The van der Waals surface area contributed by atoms with Crippen LogP contribution in [-0.4, -0.2) is 59.0 Å². The van der Waals surface area contributed by atoms with Gasteiger partial charge in [0.25, 0.3) is 5.91 Å². The minimum absolute atomic E-state index is 0.00741. The third kappa shape index (κ3) is 11.5. The Kier molecular flexibility index (Phi) is 13.8. The lowest BCUT2D eigenvalue weighted by Crippen LogP contribution is -2.53. The van der Waals surface area contributed by atoms with Crippen molar-refractivity contribution in [3.63, 3.8) is 0 Å². The quantitative estimate of drug-likeness (QED) is 0.148. The number of anilines is 1. The van der Waals surface area contributed by atoms with Crippen LogP contribution < -0.4 is 15.4 Å². The average molecular weight is 588 g/mol. The molecule has 2 atom stereocenters. The summed E-state index contributed by atoms with van der Waals surface area (Å²) in [4.78, 5) is 41.9. The third-order valence-corrected chi connectivity index (χ3v) is 6.70. The molecule has 2 unspecified atom stereocenters. The molecular formula is C31H45N3O6S. The minimum Gasteiger partial charge on any atom is -0.508 e. The molecule has 0 aliphatic carbocycles. The predicted octanol–water partition coefficient (Wildman–Crippen LogP) is 6.09. The van der Waals surface area contributed by atoms with E-state index in [-0.39, 0.29) is 18.0 Å². The number of nitrogens with one attached hydrogen (secondary N) is 2. The maximum Gasteiger partial charge on any atom is 0.408 e. The van der Waals surface area contributed by atoms with E-state index in [0.717, 1.165) is 32.1 Å². The van der Waals surface area contributed by atoms with E-state index in [1.54, 1.807) is 64.3 Å². The zero-order chi connectivity index (χ0) is 30.4. The van der Waals surface area contributed by atoms with Gasteiger partial charge in [0.15, 0.2) is 0 Å². The van der Waals surface area contributed by atoms with Gasteiger partial charge in [0, 0.05) is 18.0 Å². The number of benzene rings is 2. The van der Waals surface area contributed by atoms with Gasteiger partial charge in [-0.25, -0.2) is 4.79 Å². The van der Waals surface area contributed by atoms with Crippen LogP contribution >= 0.6 is 12.6 Å². The molecule has 0 spiro atoms. The molecule has 9 nitrogen and oxygen atoms in total. The second-order valence-corrected chi connectivity index (χ2v) is 11.3. The van der Waals surface area contributed by atoms with Gasteiger partial charge in [-0.05, 0) is 69.2 Å². The Labute approximate surface area is 249 Å². The van der Waals surface area contributed by atoms with Crippen LogP contribution in [0.3, 0.4) is 0 Å². The van der Waals surface area contributed by atoms with Gasteiger partial charge >= 0.3 is 6.09 Å². The highest BCUT2D eigenvalue weighted by molar-refractivity contribution is 7.80. The van der Waals surface area contributed by atoms with E-state index in [4.69, 9.17) is 9.47 Å². The molecule has 41 heavy (non-hydrogen) atoms. The van der Waals surface area contributed by atoms with Gasteiger partial charge in [-0.3, -0.25) is 9.59 Å². The number of amides is 3. The summed E-state index contributed by atoms with van der Waals surface area (Å²) in [5.41, 5.74) is 0.298. The number of nitrogens with zero attached hydrogens (tertiary/aromatic N) is 1. The van der Waals surface area contributed by atoms with Crippen molar-refractivity contribution in [1.82, 2.24) is 10.2 Å². The number of rotatable bonds is 15. The summed E-state index contributed by atoms with van der Waals surface area (Å²) in [6, 6.07) is 11.0. The van der Waals surface area contributed by atoms with Crippen LogP contribution in [0.15, 0.2) is 48.5 Å². The van der Waals surface area contributed by atoms with Crippen LogP contribution in [0.5, 0.6) is 11.5 Å². The first-order valence-corrected chi connectivity index (χ1v) is 14.8. The lowest BCUT2D eigenvalue weighted by atomic mass is 10.0. The topological polar surface area (TPSA) is 117 Å². The average Bonchev–Trinajstić information content (AvgIpc) is 2.92. The van der Waals surface area contributed by atoms with E-state index < -0.39 is 35.6 Å². The number of thiol groups is 1. The normalized spacial score (nSPS) is 12.6. The molecule has 2 aromatic carbocycles. The monoisotopic (exact) mass is 587 g/mol. The fourth-order valence-corrected chi connectivity index (χ4v) is 4.53. The molecule has 0 bridgehead atoms. The van der Waals surface area contributed by atoms with Gasteiger partial charge in [0.05, 0.1) is 7.11 Å². The largest absolute Gasteiger partial charge is 0.508 e. The molecule has 226 valence electrons. The first-order valence-electron chi connectivity index (χ1n) is 14.1. The Hall–Kier alpha value is -3.40. The second-order valence-electron chi connectivity index (χ2n) is 10.9. The van der Waals surface area contributed by atoms with Crippen LogP contribution in [0, 0.1) is 0 Å². The van der Waals surface area contributed by atoms with Gasteiger partial charge in [-0.15, -0.1) is 0 Å². The van der Waals surface area contributed by atoms with Crippen LogP contribution in [0.4, 0.5) is 10.5 Å². The first kappa shape index (κ1) is 33.8. The number of alkyl carbamates (subject to hydrolysis) is 1. The summed E-state index contributed by atoms with van der Waals surface area (Å²) in [6.07, 6.45) is 5.20. The van der Waals surface area contributed by atoms with Gasteiger partial charge in [-0.2, -0.15) is 12.6 Å². The summed E-state index contributed by atoms with van der Waals surface area (Å²) in [6.45, 7) is 7.64. The van der Waals surface area contributed by atoms with Crippen LogP contribution in [-0.2, 0) is 14.3 Å². The van der Waals surface area contributed by atoms with Gasteiger partial charge in [-0.1, -0.05) is 51.2 Å². The van der Waals surface area contributed by atoms with E-state index in [2.05, 4.69) is 30.2 Å². The third-order valence-electron chi connectivity index (χ3n) is 6.33. The number of hydrogen-bond donors (Lipinski definition) is 4. The fourth-order valence-electron chi connectivity index (χ4n) is 4.28. The van der Waals surface area contributed by atoms with Crippen molar-refractivity contribution < 1.29 is 29.0 Å². The molecule has 3 amide bonds. The maximum absolute atomic E-state index is 14.0. The number of carbonyl (C=O) groups excluding carboxylic acids is 3. The number of carbonyl (C=O) groups is 3. The van der Waals surface area contributed by atoms with E-state index in [9.17, 15) is 19.5 Å². The molecular weight excluding hydrogens is 542 g/mol. The number of phenols is 1. The van der Waals surface area contributed by atoms with Crippen molar-refractivity contribution >= 4 is 36.2 Å². The summed E-state index contributed by atoms with van der Waals surface area (Å²) in [7, 11) is 1.56. The Morgan fingerprint density at radius 3 is 2.12 bits per heavy atom. The number of phenolic OH excluding ortho intramolecular Hbond substituents is 1. The van der Waals surface area contributed by atoms with Crippen LogP contribution in [0.25, 0.3) is 0 Å². The Morgan fingerprint density at radius 1 is 0.951 bits per heavy atom. The lowest BCUT2D eigenvalue weighted by Gasteiger charge is -2.34. The highest BCUT2D eigenvalue weighted by Crippen LogP contribution is 2.27. The maximum atomic E-state index is 14.0. The molecule has 0 heterocycles. The van der Waals surface area contributed by atoms with Crippen LogP contribution in [0.2, 0.25) is 0 Å². The number of methoxy groups -OCH3 is 1.